The molecule has 3 rings (SSSR count). The second-order valence-electron chi connectivity index (χ2n) is 7.60. The molecule has 0 bridgehead atoms. The SMILES string of the molecule is CSc1ccc(CN(C)C(=O)c2ccc(C(=O)N(C)Cc3ccc(SC)cc3)cc2)cc1. The summed E-state index contributed by atoms with van der Waals surface area (Å²) in [6.45, 7) is 1.07. The molecule has 0 atom stereocenters. The fraction of sp³-hybridized carbons (Fsp3) is 0.231. The number of carbonyl (C=O) groups excluding carboxylic acids is 2. The molecular weight excluding hydrogens is 436 g/mol. The molecule has 0 unspecified atom stereocenters. The molecule has 0 aliphatic heterocycles. The summed E-state index contributed by atoms with van der Waals surface area (Å²) in [7, 11) is 3.58. The van der Waals surface area contributed by atoms with E-state index < -0.39 is 0 Å². The fourth-order valence-corrected chi connectivity index (χ4v) is 4.17. The number of thioether (sulfide) groups is 2. The first kappa shape index (κ1) is 24.0. The molecule has 4 nitrogen and oxygen atoms in total. The zero-order valence-electron chi connectivity index (χ0n) is 18.9. The smallest absolute Gasteiger partial charge is 0.253 e. The summed E-state index contributed by atoms with van der Waals surface area (Å²) in [4.78, 5) is 31.4. The Morgan fingerprint density at radius 3 is 1.19 bits per heavy atom. The third-order valence-electron chi connectivity index (χ3n) is 5.23. The highest BCUT2D eigenvalue weighted by Crippen LogP contribution is 2.18. The van der Waals surface area contributed by atoms with Gasteiger partial charge in [0.15, 0.2) is 0 Å². The van der Waals surface area contributed by atoms with Gasteiger partial charge < -0.3 is 9.80 Å². The van der Waals surface area contributed by atoms with Gasteiger partial charge in [-0.1, -0.05) is 24.3 Å². The predicted molar refractivity (Wildman–Crippen MR) is 134 cm³/mol. The molecule has 32 heavy (non-hydrogen) atoms. The first-order valence-electron chi connectivity index (χ1n) is 10.3. The maximum Gasteiger partial charge on any atom is 0.253 e. The van der Waals surface area contributed by atoms with Crippen LogP contribution >= 0.6 is 23.5 Å². The standard InChI is InChI=1S/C26H28N2O2S2/c1-27(17-19-5-13-23(31-3)14-6-19)25(29)21-9-11-22(12-10-21)26(30)28(2)18-20-7-15-24(32-4)16-8-20/h5-16H,17-18H2,1-4H3. The highest BCUT2D eigenvalue weighted by molar-refractivity contribution is 7.98. The summed E-state index contributed by atoms with van der Waals surface area (Å²) < 4.78 is 0. The molecule has 0 spiro atoms. The van der Waals surface area contributed by atoms with Gasteiger partial charge in [0.25, 0.3) is 11.8 Å². The topological polar surface area (TPSA) is 40.6 Å². The van der Waals surface area contributed by atoms with Gasteiger partial charge in [-0.05, 0) is 72.2 Å². The molecule has 3 aromatic carbocycles. The normalized spacial score (nSPS) is 10.6. The van der Waals surface area contributed by atoms with Crippen LogP contribution in [0, 0.1) is 0 Å². The van der Waals surface area contributed by atoms with Gasteiger partial charge in [-0.15, -0.1) is 23.5 Å². The van der Waals surface area contributed by atoms with E-state index in [2.05, 4.69) is 24.3 Å². The molecular formula is C26H28N2O2S2. The van der Waals surface area contributed by atoms with Gasteiger partial charge in [0.1, 0.15) is 0 Å². The molecule has 6 heteroatoms. The predicted octanol–water partition coefficient (Wildman–Crippen LogP) is 5.67. The molecule has 0 N–H and O–H groups in total. The van der Waals surface area contributed by atoms with E-state index in [1.54, 1.807) is 71.7 Å². The summed E-state index contributed by atoms with van der Waals surface area (Å²) in [6, 6.07) is 23.3. The Labute approximate surface area is 199 Å². The maximum absolute atomic E-state index is 12.8. The molecule has 0 radical (unpaired) electrons. The number of amides is 2. The zero-order valence-corrected chi connectivity index (χ0v) is 20.5. The highest BCUT2D eigenvalue weighted by atomic mass is 32.2. The van der Waals surface area contributed by atoms with E-state index in [1.165, 1.54) is 9.79 Å². The van der Waals surface area contributed by atoms with Crippen molar-refractivity contribution in [3.05, 3.63) is 95.1 Å². The summed E-state index contributed by atoms with van der Waals surface area (Å²) in [5.41, 5.74) is 3.30. The van der Waals surface area contributed by atoms with Gasteiger partial charge in [0, 0.05) is 48.1 Å². The van der Waals surface area contributed by atoms with Crippen molar-refractivity contribution in [2.24, 2.45) is 0 Å². The quantitative estimate of drug-likeness (QED) is 0.403. The van der Waals surface area contributed by atoms with Crippen molar-refractivity contribution >= 4 is 35.3 Å². The van der Waals surface area contributed by atoms with Gasteiger partial charge >= 0.3 is 0 Å². The third kappa shape index (κ3) is 6.17. The van der Waals surface area contributed by atoms with E-state index in [4.69, 9.17) is 0 Å². The lowest BCUT2D eigenvalue weighted by atomic mass is 10.1. The Morgan fingerprint density at radius 1 is 0.594 bits per heavy atom. The molecule has 0 aliphatic carbocycles. The summed E-state index contributed by atoms with van der Waals surface area (Å²) >= 11 is 3.39. The number of hydrogen-bond acceptors (Lipinski definition) is 4. The van der Waals surface area contributed by atoms with Gasteiger partial charge in [-0.2, -0.15) is 0 Å². The van der Waals surface area contributed by atoms with Crippen molar-refractivity contribution in [2.75, 3.05) is 26.6 Å². The maximum atomic E-state index is 12.8. The van der Waals surface area contributed by atoms with Crippen LogP contribution in [0.2, 0.25) is 0 Å². The van der Waals surface area contributed by atoms with Crippen LogP contribution in [0.1, 0.15) is 31.8 Å². The molecule has 166 valence electrons. The molecule has 0 aromatic heterocycles. The van der Waals surface area contributed by atoms with Crippen LogP contribution in [0.25, 0.3) is 0 Å². The number of carbonyl (C=O) groups is 2. The number of nitrogens with zero attached hydrogens (tertiary/aromatic N) is 2. The average molecular weight is 465 g/mol. The largest absolute Gasteiger partial charge is 0.337 e. The lowest BCUT2D eigenvalue weighted by Gasteiger charge is -2.19. The Kier molecular flexibility index (Phi) is 8.42. The van der Waals surface area contributed by atoms with Crippen LogP contribution in [0.3, 0.4) is 0 Å². The van der Waals surface area contributed by atoms with Crippen LogP contribution in [0.4, 0.5) is 0 Å². The third-order valence-corrected chi connectivity index (χ3v) is 6.72. The first-order chi connectivity index (χ1) is 15.4. The number of rotatable bonds is 8. The van der Waals surface area contributed by atoms with E-state index in [0.29, 0.717) is 24.2 Å². The minimum Gasteiger partial charge on any atom is -0.337 e. The lowest BCUT2D eigenvalue weighted by Crippen LogP contribution is -2.27. The van der Waals surface area contributed by atoms with Crippen LogP contribution < -0.4 is 0 Å². The molecule has 0 saturated carbocycles. The molecule has 0 heterocycles. The van der Waals surface area contributed by atoms with Crippen molar-refractivity contribution < 1.29 is 9.59 Å². The monoisotopic (exact) mass is 464 g/mol. The first-order valence-corrected chi connectivity index (χ1v) is 12.7. The van der Waals surface area contributed by atoms with Gasteiger partial charge in [-0.3, -0.25) is 9.59 Å². The van der Waals surface area contributed by atoms with E-state index in [-0.39, 0.29) is 11.8 Å². The molecule has 0 saturated heterocycles. The fourth-order valence-electron chi connectivity index (χ4n) is 3.35. The highest BCUT2D eigenvalue weighted by Gasteiger charge is 2.15. The minimum absolute atomic E-state index is 0.0693. The average Bonchev–Trinajstić information content (AvgIpc) is 2.84. The Balaban J connectivity index is 1.60. The van der Waals surface area contributed by atoms with Crippen molar-refractivity contribution in [1.82, 2.24) is 9.80 Å². The van der Waals surface area contributed by atoms with Crippen LogP contribution in [0.15, 0.2) is 82.6 Å². The Bertz CT molecular complexity index is 962. The summed E-state index contributed by atoms with van der Waals surface area (Å²) in [5.74, 6) is -0.139. The van der Waals surface area contributed by atoms with Crippen LogP contribution in [-0.4, -0.2) is 48.2 Å². The van der Waals surface area contributed by atoms with E-state index in [9.17, 15) is 9.59 Å². The molecule has 2 amide bonds. The van der Waals surface area contributed by atoms with Crippen LogP contribution in [0.5, 0.6) is 0 Å². The minimum atomic E-state index is -0.0693. The Hall–Kier alpha value is -2.70. The molecule has 0 aliphatic rings. The lowest BCUT2D eigenvalue weighted by molar-refractivity contribution is 0.0773. The zero-order chi connectivity index (χ0) is 23.1. The van der Waals surface area contributed by atoms with E-state index in [0.717, 1.165) is 11.1 Å². The number of hydrogen-bond donors (Lipinski definition) is 0. The van der Waals surface area contributed by atoms with Gasteiger partial charge in [-0.25, -0.2) is 0 Å². The van der Waals surface area contributed by atoms with Crippen molar-refractivity contribution in [2.45, 2.75) is 22.9 Å². The van der Waals surface area contributed by atoms with Crippen molar-refractivity contribution in [3.8, 4) is 0 Å². The van der Waals surface area contributed by atoms with E-state index >= 15 is 0 Å². The Morgan fingerprint density at radius 2 is 0.906 bits per heavy atom. The van der Waals surface area contributed by atoms with Crippen LogP contribution in [-0.2, 0) is 13.1 Å². The van der Waals surface area contributed by atoms with Crippen molar-refractivity contribution in [3.63, 3.8) is 0 Å². The van der Waals surface area contributed by atoms with Crippen molar-refractivity contribution in [1.29, 1.82) is 0 Å². The molecule has 0 fully saturated rings. The second-order valence-corrected chi connectivity index (χ2v) is 9.36. The summed E-state index contributed by atoms with van der Waals surface area (Å²) in [6.07, 6.45) is 4.08. The molecule has 3 aromatic rings. The van der Waals surface area contributed by atoms with E-state index in [1.807, 2.05) is 36.8 Å². The summed E-state index contributed by atoms with van der Waals surface area (Å²) in [5, 5.41) is 0. The van der Waals surface area contributed by atoms with Gasteiger partial charge in [0.2, 0.25) is 0 Å². The van der Waals surface area contributed by atoms with Gasteiger partial charge in [0.05, 0.1) is 0 Å². The number of benzene rings is 3. The second kappa shape index (κ2) is 11.2.